The van der Waals surface area contributed by atoms with Gasteiger partial charge in [-0.25, -0.2) is 0 Å². The number of oxime groups is 1. The number of hydrogen-bond donors (Lipinski definition) is 1. The predicted molar refractivity (Wildman–Crippen MR) is 49.1 cm³/mol. The highest BCUT2D eigenvalue weighted by Crippen LogP contribution is 1.91. The molecule has 0 atom stereocenters. The van der Waals surface area contributed by atoms with Crippen LogP contribution in [0.15, 0.2) is 17.8 Å². The maximum atomic E-state index is 4.97. The molecule has 1 rings (SSSR count). The Morgan fingerprint density at radius 2 is 2.67 bits per heavy atom. The molecule has 1 aliphatic rings. The highest BCUT2D eigenvalue weighted by atomic mass is 16.6. The second-order valence-electron chi connectivity index (χ2n) is 2.84. The fourth-order valence-electron chi connectivity index (χ4n) is 1.06. The number of nitrogens with one attached hydrogen (secondary N) is 1. The average molecular weight is 169 g/mol. The Hall–Kier alpha value is -0.870. The van der Waals surface area contributed by atoms with Crippen LogP contribution >= 0.6 is 0 Å². The Bertz CT molecular complexity index is 179. The fourth-order valence-corrected chi connectivity index (χ4v) is 1.06. The van der Waals surface area contributed by atoms with E-state index in [0.29, 0.717) is 6.61 Å². The first kappa shape index (κ1) is 9.22. The van der Waals surface area contributed by atoms with Crippen molar-refractivity contribution in [2.75, 3.05) is 33.4 Å². The lowest BCUT2D eigenvalue weighted by atomic mass is 10.3. The molecule has 0 unspecified atom stereocenters. The molecule has 12 heavy (non-hydrogen) atoms. The van der Waals surface area contributed by atoms with Crippen LogP contribution in [-0.4, -0.2) is 44.0 Å². The first-order valence-corrected chi connectivity index (χ1v) is 4.01. The van der Waals surface area contributed by atoms with E-state index in [9.17, 15) is 0 Å². The second kappa shape index (κ2) is 4.90. The van der Waals surface area contributed by atoms with Crippen LogP contribution < -0.4 is 5.32 Å². The zero-order valence-electron chi connectivity index (χ0n) is 7.42. The third-order valence-electron chi connectivity index (χ3n) is 1.55. The van der Waals surface area contributed by atoms with Crippen molar-refractivity contribution in [1.29, 1.82) is 0 Å². The number of nitrogens with zero attached hydrogens (tertiary/aromatic N) is 2. The molecule has 0 spiro atoms. The van der Waals surface area contributed by atoms with Gasteiger partial charge in [-0.1, -0.05) is 17.8 Å². The topological polar surface area (TPSA) is 36.9 Å². The summed E-state index contributed by atoms with van der Waals surface area (Å²) in [6, 6.07) is 0. The summed E-state index contributed by atoms with van der Waals surface area (Å²) in [5.74, 6) is 0. The quantitative estimate of drug-likeness (QED) is 0.368. The molecule has 0 aromatic heterocycles. The average Bonchev–Trinajstić information content (AvgIpc) is 2.05. The smallest absolute Gasteiger partial charge is 0.135 e. The van der Waals surface area contributed by atoms with Crippen molar-refractivity contribution in [2.45, 2.75) is 0 Å². The third-order valence-corrected chi connectivity index (χ3v) is 1.55. The molecule has 68 valence electrons. The highest BCUT2D eigenvalue weighted by molar-refractivity contribution is 5.88. The standard InChI is InChI=1S/C8H15N3O/c1-3-4-12-10-8-5-9-7-11(2)6-8/h3,9H,1,4-7H2,2H3/b10-8+. The van der Waals surface area contributed by atoms with Crippen LogP contribution in [0.4, 0.5) is 0 Å². The summed E-state index contributed by atoms with van der Waals surface area (Å²) in [4.78, 5) is 7.11. The van der Waals surface area contributed by atoms with Gasteiger partial charge in [0.1, 0.15) is 6.61 Å². The summed E-state index contributed by atoms with van der Waals surface area (Å²) in [6.45, 7) is 6.63. The van der Waals surface area contributed by atoms with Crippen LogP contribution in [0.5, 0.6) is 0 Å². The molecular weight excluding hydrogens is 154 g/mol. The van der Waals surface area contributed by atoms with Crippen molar-refractivity contribution in [1.82, 2.24) is 10.2 Å². The minimum atomic E-state index is 0.479. The van der Waals surface area contributed by atoms with Gasteiger partial charge in [-0.15, -0.1) is 0 Å². The van der Waals surface area contributed by atoms with Crippen LogP contribution in [0.2, 0.25) is 0 Å². The van der Waals surface area contributed by atoms with Crippen molar-refractivity contribution in [3.05, 3.63) is 12.7 Å². The first-order chi connectivity index (χ1) is 5.83. The Labute approximate surface area is 72.9 Å². The number of rotatable bonds is 3. The summed E-state index contributed by atoms with van der Waals surface area (Å²) < 4.78 is 0. The summed E-state index contributed by atoms with van der Waals surface area (Å²) in [6.07, 6.45) is 1.68. The summed E-state index contributed by atoms with van der Waals surface area (Å²) in [5, 5.41) is 7.17. The molecule has 0 aliphatic carbocycles. The van der Waals surface area contributed by atoms with Crippen molar-refractivity contribution in [3.63, 3.8) is 0 Å². The Morgan fingerprint density at radius 1 is 1.83 bits per heavy atom. The molecule has 1 N–H and O–H groups in total. The lowest BCUT2D eigenvalue weighted by Gasteiger charge is -2.23. The Kier molecular flexibility index (Phi) is 3.76. The van der Waals surface area contributed by atoms with Gasteiger partial charge in [0.25, 0.3) is 0 Å². The van der Waals surface area contributed by atoms with E-state index in [1.807, 2.05) is 7.05 Å². The van der Waals surface area contributed by atoms with E-state index in [-0.39, 0.29) is 0 Å². The van der Waals surface area contributed by atoms with Gasteiger partial charge >= 0.3 is 0 Å². The van der Waals surface area contributed by atoms with Crippen molar-refractivity contribution < 1.29 is 4.84 Å². The Morgan fingerprint density at radius 3 is 3.33 bits per heavy atom. The molecule has 1 fully saturated rings. The summed E-state index contributed by atoms with van der Waals surface area (Å²) in [7, 11) is 2.04. The van der Waals surface area contributed by atoms with Crippen molar-refractivity contribution in [3.8, 4) is 0 Å². The molecule has 0 saturated carbocycles. The summed E-state index contributed by atoms with van der Waals surface area (Å²) in [5.41, 5.74) is 1.03. The predicted octanol–water partition coefficient (Wildman–Crippen LogP) is 0.0375. The maximum Gasteiger partial charge on any atom is 0.135 e. The van der Waals surface area contributed by atoms with Gasteiger partial charge in [0.15, 0.2) is 0 Å². The lowest BCUT2D eigenvalue weighted by molar-refractivity contribution is 0.170. The van der Waals surface area contributed by atoms with Crippen molar-refractivity contribution >= 4 is 5.71 Å². The van der Waals surface area contributed by atoms with E-state index < -0.39 is 0 Å². The van der Waals surface area contributed by atoms with Crippen LogP contribution in [-0.2, 0) is 4.84 Å². The van der Waals surface area contributed by atoms with Crippen LogP contribution in [0, 0.1) is 0 Å². The third kappa shape index (κ3) is 3.02. The van der Waals surface area contributed by atoms with Gasteiger partial charge in [-0.2, -0.15) is 0 Å². The summed E-state index contributed by atoms with van der Waals surface area (Å²) >= 11 is 0. The van der Waals surface area contributed by atoms with E-state index in [1.54, 1.807) is 6.08 Å². The minimum Gasteiger partial charge on any atom is -0.392 e. The molecule has 0 aromatic carbocycles. The van der Waals surface area contributed by atoms with Gasteiger partial charge in [-0.05, 0) is 7.05 Å². The minimum absolute atomic E-state index is 0.479. The SMILES string of the molecule is C=CCO/N=C1\CNCN(C)C1. The van der Waals surface area contributed by atoms with Crippen LogP contribution in [0.25, 0.3) is 0 Å². The monoisotopic (exact) mass is 169 g/mol. The molecule has 0 radical (unpaired) electrons. The van der Waals surface area contributed by atoms with E-state index in [2.05, 4.69) is 22.0 Å². The molecule has 4 heteroatoms. The van der Waals surface area contributed by atoms with Gasteiger partial charge in [0, 0.05) is 19.8 Å². The maximum absolute atomic E-state index is 4.97. The largest absolute Gasteiger partial charge is 0.392 e. The normalized spacial score (nSPS) is 22.6. The van der Waals surface area contributed by atoms with Crippen LogP contribution in [0.3, 0.4) is 0 Å². The highest BCUT2D eigenvalue weighted by Gasteiger charge is 2.10. The molecule has 0 bridgehead atoms. The van der Waals surface area contributed by atoms with Gasteiger partial charge < -0.3 is 4.84 Å². The molecule has 0 amide bonds. The molecule has 4 nitrogen and oxygen atoms in total. The molecule has 1 heterocycles. The van der Waals surface area contributed by atoms with E-state index in [0.717, 1.165) is 25.5 Å². The van der Waals surface area contributed by atoms with Gasteiger partial charge in [0.05, 0.1) is 5.71 Å². The molecular formula is C8H15N3O. The van der Waals surface area contributed by atoms with E-state index >= 15 is 0 Å². The van der Waals surface area contributed by atoms with E-state index in [1.165, 1.54) is 0 Å². The van der Waals surface area contributed by atoms with Gasteiger partial charge in [-0.3, -0.25) is 10.2 Å². The molecule has 1 saturated heterocycles. The first-order valence-electron chi connectivity index (χ1n) is 4.01. The van der Waals surface area contributed by atoms with E-state index in [4.69, 9.17) is 4.84 Å². The fraction of sp³-hybridized carbons (Fsp3) is 0.625. The molecule has 0 aromatic rings. The molecule has 1 aliphatic heterocycles. The van der Waals surface area contributed by atoms with Crippen molar-refractivity contribution in [2.24, 2.45) is 5.16 Å². The number of hydrogen-bond acceptors (Lipinski definition) is 4. The Balaban J connectivity index is 2.29. The zero-order valence-corrected chi connectivity index (χ0v) is 7.42. The zero-order chi connectivity index (χ0) is 8.81. The second-order valence-corrected chi connectivity index (χ2v) is 2.84. The van der Waals surface area contributed by atoms with Gasteiger partial charge in [0.2, 0.25) is 0 Å². The lowest BCUT2D eigenvalue weighted by Crippen LogP contribution is -2.45. The van der Waals surface area contributed by atoms with Crippen LogP contribution in [0.1, 0.15) is 0 Å².